The average Bonchev–Trinajstić information content (AvgIpc) is 2.67. The average molecular weight is 223 g/mol. The minimum absolute atomic E-state index is 0.286. The van der Waals surface area contributed by atoms with Gasteiger partial charge >= 0.3 is 5.97 Å². The molecule has 0 aliphatic carbocycles. The molecule has 1 aliphatic heterocycles. The van der Waals surface area contributed by atoms with E-state index in [1.807, 2.05) is 4.68 Å². The lowest BCUT2D eigenvalue weighted by atomic mass is 10.0. The summed E-state index contributed by atoms with van der Waals surface area (Å²) in [5, 5.41) is 4.36. The molecule has 5 heteroatoms. The lowest BCUT2D eigenvalue weighted by Crippen LogP contribution is -2.15. The van der Waals surface area contributed by atoms with E-state index in [-0.39, 0.29) is 12.5 Å². The summed E-state index contributed by atoms with van der Waals surface area (Å²) < 4.78 is 6.95. The number of nitrogens with two attached hydrogens (primary N) is 1. The van der Waals surface area contributed by atoms with E-state index in [2.05, 4.69) is 5.10 Å². The van der Waals surface area contributed by atoms with Gasteiger partial charge < -0.3 is 10.5 Å². The standard InChI is InChI=1S/C11H17N3O2/c1-2-16-11(15)10-8(7-12)13-14-6-4-3-5-9(10)14/h2-7,12H2,1H3. The van der Waals surface area contributed by atoms with E-state index in [4.69, 9.17) is 10.5 Å². The molecule has 0 bridgehead atoms. The molecule has 5 nitrogen and oxygen atoms in total. The van der Waals surface area contributed by atoms with E-state index in [1.54, 1.807) is 6.92 Å². The summed E-state index contributed by atoms with van der Waals surface area (Å²) in [6, 6.07) is 0. The van der Waals surface area contributed by atoms with Crippen LogP contribution in [-0.2, 0) is 24.2 Å². The minimum Gasteiger partial charge on any atom is -0.462 e. The zero-order valence-corrected chi connectivity index (χ0v) is 9.53. The van der Waals surface area contributed by atoms with Crippen LogP contribution in [0.3, 0.4) is 0 Å². The normalized spacial score (nSPS) is 14.6. The highest BCUT2D eigenvalue weighted by Gasteiger charge is 2.25. The van der Waals surface area contributed by atoms with Crippen LogP contribution in [0.15, 0.2) is 0 Å². The highest BCUT2D eigenvalue weighted by atomic mass is 16.5. The van der Waals surface area contributed by atoms with Crippen molar-refractivity contribution in [3.05, 3.63) is 17.0 Å². The van der Waals surface area contributed by atoms with Gasteiger partial charge in [0.25, 0.3) is 0 Å². The summed E-state index contributed by atoms with van der Waals surface area (Å²) >= 11 is 0. The van der Waals surface area contributed by atoms with Crippen LogP contribution in [0.25, 0.3) is 0 Å². The van der Waals surface area contributed by atoms with Gasteiger partial charge in [-0.05, 0) is 26.2 Å². The molecule has 0 unspecified atom stereocenters. The quantitative estimate of drug-likeness (QED) is 0.771. The zero-order valence-electron chi connectivity index (χ0n) is 9.53. The Labute approximate surface area is 94.6 Å². The summed E-state index contributed by atoms with van der Waals surface area (Å²) in [5.41, 5.74) is 7.87. The number of carbonyl (C=O) groups is 1. The predicted octanol–water partition coefficient (Wildman–Crippen LogP) is 0.855. The monoisotopic (exact) mass is 223 g/mol. The Bertz CT molecular complexity index is 398. The zero-order chi connectivity index (χ0) is 11.5. The molecule has 0 aromatic carbocycles. The van der Waals surface area contributed by atoms with E-state index in [9.17, 15) is 4.79 Å². The van der Waals surface area contributed by atoms with Crippen molar-refractivity contribution in [3.63, 3.8) is 0 Å². The predicted molar refractivity (Wildman–Crippen MR) is 59.0 cm³/mol. The number of hydrogen-bond acceptors (Lipinski definition) is 4. The number of ether oxygens (including phenoxy) is 1. The number of aromatic nitrogens is 2. The number of carbonyl (C=O) groups excluding carboxylic acids is 1. The third-order valence-corrected chi connectivity index (χ3v) is 2.84. The second-order valence-electron chi connectivity index (χ2n) is 3.87. The van der Waals surface area contributed by atoms with Crippen LogP contribution in [-0.4, -0.2) is 22.4 Å². The molecule has 0 saturated carbocycles. The minimum atomic E-state index is -0.286. The molecule has 0 fully saturated rings. The first-order chi connectivity index (χ1) is 7.77. The molecule has 2 N–H and O–H groups in total. The van der Waals surface area contributed by atoms with Crippen LogP contribution < -0.4 is 5.73 Å². The number of aryl methyl sites for hydroxylation is 1. The Morgan fingerprint density at radius 2 is 2.38 bits per heavy atom. The van der Waals surface area contributed by atoms with E-state index in [1.165, 1.54) is 0 Å². The number of hydrogen-bond donors (Lipinski definition) is 1. The molecule has 0 spiro atoms. The van der Waals surface area contributed by atoms with Gasteiger partial charge in [-0.25, -0.2) is 4.79 Å². The summed E-state index contributed by atoms with van der Waals surface area (Å²) in [6.07, 6.45) is 3.10. The highest BCUT2D eigenvalue weighted by molar-refractivity contribution is 5.92. The Kier molecular flexibility index (Phi) is 3.24. The van der Waals surface area contributed by atoms with Crippen LogP contribution in [0.5, 0.6) is 0 Å². The Morgan fingerprint density at radius 3 is 3.06 bits per heavy atom. The summed E-state index contributed by atoms with van der Waals surface area (Å²) in [6.45, 7) is 3.35. The van der Waals surface area contributed by atoms with Gasteiger partial charge in [-0.3, -0.25) is 4.68 Å². The summed E-state index contributed by atoms with van der Waals surface area (Å²) in [4.78, 5) is 11.8. The van der Waals surface area contributed by atoms with Gasteiger partial charge in [0.2, 0.25) is 0 Å². The lowest BCUT2D eigenvalue weighted by Gasteiger charge is -2.13. The molecule has 1 aliphatic rings. The molecule has 16 heavy (non-hydrogen) atoms. The Hall–Kier alpha value is -1.36. The molecule has 0 saturated heterocycles. The SMILES string of the molecule is CCOC(=O)c1c(CN)nn2c1CCCC2. The van der Waals surface area contributed by atoms with Crippen molar-refractivity contribution in [1.29, 1.82) is 0 Å². The highest BCUT2D eigenvalue weighted by Crippen LogP contribution is 2.22. The third kappa shape index (κ3) is 1.82. The fraction of sp³-hybridized carbons (Fsp3) is 0.636. The number of nitrogens with zero attached hydrogens (tertiary/aromatic N) is 2. The second-order valence-corrected chi connectivity index (χ2v) is 3.87. The first-order valence-corrected chi connectivity index (χ1v) is 5.73. The largest absolute Gasteiger partial charge is 0.462 e. The van der Waals surface area contributed by atoms with Crippen LogP contribution in [0.1, 0.15) is 41.5 Å². The maximum absolute atomic E-state index is 11.8. The molecule has 1 aromatic rings. The molecular formula is C11H17N3O2. The van der Waals surface area contributed by atoms with Crippen molar-refractivity contribution in [2.75, 3.05) is 6.61 Å². The first-order valence-electron chi connectivity index (χ1n) is 5.73. The van der Waals surface area contributed by atoms with E-state index >= 15 is 0 Å². The summed E-state index contributed by atoms with van der Waals surface area (Å²) in [5.74, 6) is -0.286. The first kappa shape index (κ1) is 11.1. The maximum atomic E-state index is 11.8. The van der Waals surface area contributed by atoms with Gasteiger partial charge in [-0.15, -0.1) is 0 Å². The molecule has 1 aromatic heterocycles. The molecule has 2 rings (SSSR count). The van der Waals surface area contributed by atoms with Gasteiger partial charge in [0.1, 0.15) is 5.56 Å². The van der Waals surface area contributed by atoms with Crippen molar-refractivity contribution in [2.45, 2.75) is 39.3 Å². The van der Waals surface area contributed by atoms with Gasteiger partial charge in [-0.2, -0.15) is 5.10 Å². The van der Waals surface area contributed by atoms with Crippen molar-refractivity contribution in [1.82, 2.24) is 9.78 Å². The molecule has 2 heterocycles. The second kappa shape index (κ2) is 4.65. The molecule has 0 amide bonds. The van der Waals surface area contributed by atoms with E-state index in [0.29, 0.717) is 17.9 Å². The fourth-order valence-electron chi connectivity index (χ4n) is 2.13. The van der Waals surface area contributed by atoms with E-state index in [0.717, 1.165) is 31.5 Å². The van der Waals surface area contributed by atoms with Crippen molar-refractivity contribution < 1.29 is 9.53 Å². The molecule has 88 valence electrons. The molecular weight excluding hydrogens is 206 g/mol. The topological polar surface area (TPSA) is 70.1 Å². The Morgan fingerprint density at radius 1 is 1.56 bits per heavy atom. The van der Waals surface area contributed by atoms with Crippen molar-refractivity contribution >= 4 is 5.97 Å². The number of esters is 1. The van der Waals surface area contributed by atoms with Gasteiger partial charge in [-0.1, -0.05) is 0 Å². The van der Waals surface area contributed by atoms with Gasteiger partial charge in [0.05, 0.1) is 18.0 Å². The smallest absolute Gasteiger partial charge is 0.341 e. The molecule has 0 radical (unpaired) electrons. The van der Waals surface area contributed by atoms with Crippen LogP contribution in [0, 0.1) is 0 Å². The third-order valence-electron chi connectivity index (χ3n) is 2.84. The fourth-order valence-corrected chi connectivity index (χ4v) is 2.13. The lowest BCUT2D eigenvalue weighted by molar-refractivity contribution is 0.0523. The molecule has 0 atom stereocenters. The van der Waals surface area contributed by atoms with Crippen LogP contribution >= 0.6 is 0 Å². The number of fused-ring (bicyclic) bond motifs is 1. The van der Waals surface area contributed by atoms with Crippen molar-refractivity contribution in [3.8, 4) is 0 Å². The number of rotatable bonds is 3. The van der Waals surface area contributed by atoms with E-state index < -0.39 is 0 Å². The van der Waals surface area contributed by atoms with Gasteiger partial charge in [0.15, 0.2) is 0 Å². The Balaban J connectivity index is 2.40. The summed E-state index contributed by atoms with van der Waals surface area (Å²) in [7, 11) is 0. The maximum Gasteiger partial charge on any atom is 0.341 e. The van der Waals surface area contributed by atoms with Crippen molar-refractivity contribution in [2.24, 2.45) is 5.73 Å². The van der Waals surface area contributed by atoms with Crippen LogP contribution in [0.2, 0.25) is 0 Å². The van der Waals surface area contributed by atoms with Crippen LogP contribution in [0.4, 0.5) is 0 Å². The van der Waals surface area contributed by atoms with Gasteiger partial charge in [0, 0.05) is 13.1 Å².